The number of aromatic nitrogens is 1. The van der Waals surface area contributed by atoms with Crippen LogP contribution in [0.2, 0.25) is 0 Å². The first-order chi connectivity index (χ1) is 11.2. The van der Waals surface area contributed by atoms with E-state index in [0.29, 0.717) is 12.2 Å². The van der Waals surface area contributed by atoms with Gasteiger partial charge < -0.3 is 5.32 Å². The number of amides is 1. The van der Waals surface area contributed by atoms with E-state index < -0.39 is 0 Å². The van der Waals surface area contributed by atoms with E-state index in [-0.39, 0.29) is 5.91 Å². The summed E-state index contributed by atoms with van der Waals surface area (Å²) in [6.07, 6.45) is 0.907. The molecule has 0 fully saturated rings. The number of carbonyl (C=O) groups excluding carboxylic acids is 1. The molecule has 1 amide bonds. The van der Waals surface area contributed by atoms with E-state index in [1.165, 1.54) is 0 Å². The minimum absolute atomic E-state index is 0.104. The zero-order valence-electron chi connectivity index (χ0n) is 13.5. The molecular weight excluding hydrogens is 284 g/mol. The van der Waals surface area contributed by atoms with Gasteiger partial charge in [0.15, 0.2) is 0 Å². The molecular formula is C20H20N2O. The number of hydrogen-bond donors (Lipinski definition) is 1. The Morgan fingerprint density at radius 3 is 2.48 bits per heavy atom. The number of hydrogen-bond acceptors (Lipinski definition) is 2. The molecule has 1 heterocycles. The average molecular weight is 304 g/mol. The molecule has 23 heavy (non-hydrogen) atoms. The molecule has 0 saturated carbocycles. The molecule has 0 aliphatic heterocycles. The lowest BCUT2D eigenvalue weighted by Crippen LogP contribution is -2.26. The van der Waals surface area contributed by atoms with Crippen molar-refractivity contribution >= 4 is 16.8 Å². The Bertz CT molecular complexity index is 841. The van der Waals surface area contributed by atoms with Crippen molar-refractivity contribution in [1.29, 1.82) is 0 Å². The van der Waals surface area contributed by atoms with Gasteiger partial charge in [0.05, 0.1) is 5.52 Å². The molecule has 0 unspecified atom stereocenters. The second-order valence-electron chi connectivity index (χ2n) is 5.60. The van der Waals surface area contributed by atoms with Gasteiger partial charge in [-0.3, -0.25) is 4.79 Å². The molecule has 116 valence electrons. The van der Waals surface area contributed by atoms with Crippen LogP contribution in [-0.4, -0.2) is 17.4 Å². The van der Waals surface area contributed by atoms with Crippen LogP contribution in [-0.2, 0) is 0 Å². The van der Waals surface area contributed by atoms with Crippen molar-refractivity contribution in [2.45, 2.75) is 20.3 Å². The van der Waals surface area contributed by atoms with Gasteiger partial charge in [0, 0.05) is 11.9 Å². The van der Waals surface area contributed by atoms with E-state index >= 15 is 0 Å². The molecule has 3 rings (SSSR count). The zero-order chi connectivity index (χ0) is 16.2. The van der Waals surface area contributed by atoms with Crippen molar-refractivity contribution < 1.29 is 4.79 Å². The summed E-state index contributed by atoms with van der Waals surface area (Å²) in [4.78, 5) is 17.1. The number of fused-ring (bicyclic) bond motifs is 1. The highest BCUT2D eigenvalue weighted by atomic mass is 16.1. The third kappa shape index (κ3) is 2.95. The topological polar surface area (TPSA) is 42.0 Å². The van der Waals surface area contributed by atoms with Crippen molar-refractivity contribution in [2.24, 2.45) is 0 Å². The van der Waals surface area contributed by atoms with Gasteiger partial charge in [0.25, 0.3) is 5.91 Å². The minimum atomic E-state index is -0.104. The predicted octanol–water partition coefficient (Wildman–Crippen LogP) is 4.35. The first-order valence-electron chi connectivity index (χ1n) is 7.95. The number of rotatable bonds is 4. The maximum Gasteiger partial charge on any atom is 0.270 e. The lowest BCUT2D eigenvalue weighted by atomic mass is 9.95. The Balaban J connectivity index is 2.24. The van der Waals surface area contributed by atoms with Crippen LogP contribution < -0.4 is 5.32 Å². The van der Waals surface area contributed by atoms with Gasteiger partial charge in [-0.25, -0.2) is 4.98 Å². The maximum atomic E-state index is 12.5. The van der Waals surface area contributed by atoms with Crippen LogP contribution in [0.25, 0.3) is 22.0 Å². The Labute approximate surface area is 136 Å². The van der Waals surface area contributed by atoms with Crippen LogP contribution in [0.3, 0.4) is 0 Å². The number of benzene rings is 2. The van der Waals surface area contributed by atoms with E-state index in [4.69, 9.17) is 0 Å². The van der Waals surface area contributed by atoms with Gasteiger partial charge in [-0.2, -0.15) is 0 Å². The number of pyridine rings is 1. The molecule has 3 nitrogen and oxygen atoms in total. The van der Waals surface area contributed by atoms with E-state index in [1.807, 2.05) is 50.2 Å². The molecule has 0 aliphatic rings. The quantitative estimate of drug-likeness (QED) is 0.778. The second kappa shape index (κ2) is 6.61. The Kier molecular flexibility index (Phi) is 4.38. The summed E-state index contributed by atoms with van der Waals surface area (Å²) >= 11 is 0. The normalized spacial score (nSPS) is 10.7. The largest absolute Gasteiger partial charge is 0.351 e. The predicted molar refractivity (Wildman–Crippen MR) is 94.5 cm³/mol. The maximum absolute atomic E-state index is 12.5. The van der Waals surface area contributed by atoms with E-state index in [9.17, 15) is 4.79 Å². The van der Waals surface area contributed by atoms with Gasteiger partial charge in [0.2, 0.25) is 0 Å². The third-order valence-corrected chi connectivity index (χ3v) is 3.95. The fraction of sp³-hybridized carbons (Fsp3) is 0.200. The Morgan fingerprint density at radius 1 is 1.04 bits per heavy atom. The van der Waals surface area contributed by atoms with Crippen molar-refractivity contribution in [3.05, 3.63) is 65.9 Å². The molecule has 0 aliphatic carbocycles. The lowest BCUT2D eigenvalue weighted by Gasteiger charge is -2.14. The number of nitrogens with one attached hydrogen (secondary N) is 1. The van der Waals surface area contributed by atoms with Crippen LogP contribution in [0.5, 0.6) is 0 Å². The van der Waals surface area contributed by atoms with E-state index in [1.54, 1.807) is 0 Å². The van der Waals surface area contributed by atoms with Crippen LogP contribution in [0.1, 0.15) is 29.4 Å². The monoisotopic (exact) mass is 304 g/mol. The molecule has 2 aromatic carbocycles. The van der Waals surface area contributed by atoms with E-state index in [2.05, 4.69) is 28.5 Å². The van der Waals surface area contributed by atoms with Crippen molar-refractivity contribution in [3.8, 4) is 11.1 Å². The Morgan fingerprint density at radius 2 is 1.74 bits per heavy atom. The molecule has 1 N–H and O–H groups in total. The summed E-state index contributed by atoms with van der Waals surface area (Å²) in [6, 6.07) is 18.1. The third-order valence-electron chi connectivity index (χ3n) is 3.95. The molecule has 0 bridgehead atoms. The fourth-order valence-corrected chi connectivity index (χ4v) is 2.83. The van der Waals surface area contributed by atoms with Crippen molar-refractivity contribution in [3.63, 3.8) is 0 Å². The number of carbonyl (C=O) groups is 1. The molecule has 3 aromatic rings. The SMILES string of the molecule is CCCNC(=O)c1nc2ccccc2c(-c2ccccc2)c1C. The molecule has 3 heteroatoms. The van der Waals surface area contributed by atoms with Gasteiger partial charge >= 0.3 is 0 Å². The molecule has 1 aromatic heterocycles. The smallest absolute Gasteiger partial charge is 0.270 e. The fourth-order valence-electron chi connectivity index (χ4n) is 2.83. The summed E-state index contributed by atoms with van der Waals surface area (Å²) in [7, 11) is 0. The second-order valence-corrected chi connectivity index (χ2v) is 5.60. The van der Waals surface area contributed by atoms with Gasteiger partial charge in [-0.05, 0) is 36.1 Å². The first-order valence-corrected chi connectivity index (χ1v) is 7.95. The molecule has 0 radical (unpaired) electrons. The highest BCUT2D eigenvalue weighted by molar-refractivity contribution is 6.03. The lowest BCUT2D eigenvalue weighted by molar-refractivity contribution is 0.0948. The van der Waals surface area contributed by atoms with E-state index in [0.717, 1.165) is 34.0 Å². The summed E-state index contributed by atoms with van der Waals surface area (Å²) in [5, 5.41) is 4.00. The number of nitrogens with zero attached hydrogens (tertiary/aromatic N) is 1. The average Bonchev–Trinajstić information content (AvgIpc) is 2.60. The van der Waals surface area contributed by atoms with Gasteiger partial charge in [-0.1, -0.05) is 55.5 Å². The molecule has 0 spiro atoms. The molecule has 0 saturated heterocycles. The van der Waals surface area contributed by atoms with Crippen LogP contribution >= 0.6 is 0 Å². The summed E-state index contributed by atoms with van der Waals surface area (Å²) in [5.41, 5.74) is 4.46. The minimum Gasteiger partial charge on any atom is -0.351 e. The van der Waals surface area contributed by atoms with Crippen LogP contribution in [0.4, 0.5) is 0 Å². The van der Waals surface area contributed by atoms with Crippen molar-refractivity contribution in [1.82, 2.24) is 10.3 Å². The van der Waals surface area contributed by atoms with Crippen LogP contribution in [0, 0.1) is 6.92 Å². The number of para-hydroxylation sites is 1. The van der Waals surface area contributed by atoms with Crippen LogP contribution in [0.15, 0.2) is 54.6 Å². The first kappa shape index (κ1) is 15.2. The van der Waals surface area contributed by atoms with Gasteiger partial charge in [0.1, 0.15) is 5.69 Å². The molecule has 0 atom stereocenters. The van der Waals surface area contributed by atoms with Crippen molar-refractivity contribution in [2.75, 3.05) is 6.54 Å². The highest BCUT2D eigenvalue weighted by Gasteiger charge is 2.17. The van der Waals surface area contributed by atoms with Gasteiger partial charge in [-0.15, -0.1) is 0 Å². The summed E-state index contributed by atoms with van der Waals surface area (Å²) in [5.74, 6) is -0.104. The highest BCUT2D eigenvalue weighted by Crippen LogP contribution is 2.32. The zero-order valence-corrected chi connectivity index (χ0v) is 13.5. The Hall–Kier alpha value is -2.68. The summed E-state index contributed by atoms with van der Waals surface area (Å²) < 4.78 is 0. The standard InChI is InChI=1S/C20H20N2O/c1-3-13-21-20(23)19-14(2)18(15-9-5-4-6-10-15)16-11-7-8-12-17(16)22-19/h4-12H,3,13H2,1-2H3,(H,21,23). The summed E-state index contributed by atoms with van der Waals surface area (Å²) in [6.45, 7) is 4.67.